The number of nitrogens with zero attached hydrogens (tertiary/aromatic N) is 1. The van der Waals surface area contributed by atoms with Crippen LogP contribution in [0.2, 0.25) is 0 Å². The lowest BCUT2D eigenvalue weighted by atomic mass is 10.1. The van der Waals surface area contributed by atoms with Crippen molar-refractivity contribution in [1.29, 1.82) is 0 Å². The van der Waals surface area contributed by atoms with Gasteiger partial charge in [0.2, 0.25) is 0 Å². The van der Waals surface area contributed by atoms with Gasteiger partial charge in [0.1, 0.15) is 6.61 Å². The number of rotatable bonds is 2. The highest BCUT2D eigenvalue weighted by atomic mass is 16.5. The molecule has 0 radical (unpaired) electrons. The van der Waals surface area contributed by atoms with Crippen molar-refractivity contribution in [2.45, 2.75) is 0 Å². The van der Waals surface area contributed by atoms with E-state index >= 15 is 0 Å². The van der Waals surface area contributed by atoms with Gasteiger partial charge in [-0.2, -0.15) is 0 Å². The molecule has 0 atom stereocenters. The SMILES string of the molecule is O=C(Nc1ncccc1O)c1cccc2c1OCCN2. The molecule has 6 heteroatoms. The highest BCUT2D eigenvalue weighted by Crippen LogP contribution is 2.32. The number of amides is 1. The maximum absolute atomic E-state index is 12.3. The molecule has 6 nitrogen and oxygen atoms in total. The molecule has 0 bridgehead atoms. The van der Waals surface area contributed by atoms with E-state index in [0.29, 0.717) is 24.5 Å². The van der Waals surface area contributed by atoms with Crippen LogP contribution in [0.15, 0.2) is 36.5 Å². The summed E-state index contributed by atoms with van der Waals surface area (Å²) in [5.41, 5.74) is 1.19. The highest BCUT2D eigenvalue weighted by molar-refractivity contribution is 6.07. The van der Waals surface area contributed by atoms with E-state index in [9.17, 15) is 9.90 Å². The van der Waals surface area contributed by atoms with E-state index in [4.69, 9.17) is 4.74 Å². The number of hydrogen-bond donors (Lipinski definition) is 3. The van der Waals surface area contributed by atoms with Crippen molar-refractivity contribution >= 4 is 17.4 Å². The predicted octanol–water partition coefficient (Wildman–Crippen LogP) is 1.84. The van der Waals surface area contributed by atoms with Gasteiger partial charge in [-0.05, 0) is 24.3 Å². The van der Waals surface area contributed by atoms with Crippen molar-refractivity contribution in [1.82, 2.24) is 4.98 Å². The topological polar surface area (TPSA) is 83.5 Å². The van der Waals surface area contributed by atoms with Crippen LogP contribution in [-0.4, -0.2) is 29.1 Å². The number of ether oxygens (including phenoxy) is 1. The summed E-state index contributed by atoms with van der Waals surface area (Å²) in [6.45, 7) is 1.21. The fourth-order valence-electron chi connectivity index (χ4n) is 2.02. The first-order chi connectivity index (χ1) is 9.75. The number of carbonyl (C=O) groups excluding carboxylic acids is 1. The second-order valence-corrected chi connectivity index (χ2v) is 4.28. The van der Waals surface area contributed by atoms with Gasteiger partial charge in [0.15, 0.2) is 17.3 Å². The number of fused-ring (bicyclic) bond motifs is 1. The van der Waals surface area contributed by atoms with Crippen LogP contribution in [0.3, 0.4) is 0 Å². The first-order valence-electron chi connectivity index (χ1n) is 6.21. The van der Waals surface area contributed by atoms with Crippen molar-refractivity contribution in [3.05, 3.63) is 42.1 Å². The van der Waals surface area contributed by atoms with Crippen LogP contribution in [0.4, 0.5) is 11.5 Å². The summed E-state index contributed by atoms with van der Waals surface area (Å²) in [5, 5.41) is 15.4. The minimum atomic E-state index is -0.375. The monoisotopic (exact) mass is 271 g/mol. The van der Waals surface area contributed by atoms with Crippen LogP contribution < -0.4 is 15.4 Å². The molecule has 2 aromatic rings. The summed E-state index contributed by atoms with van der Waals surface area (Å²) < 4.78 is 5.54. The number of nitrogens with one attached hydrogen (secondary N) is 2. The molecular weight excluding hydrogens is 258 g/mol. The first-order valence-corrected chi connectivity index (χ1v) is 6.21. The average molecular weight is 271 g/mol. The summed E-state index contributed by atoms with van der Waals surface area (Å²) in [6, 6.07) is 8.34. The lowest BCUT2D eigenvalue weighted by Gasteiger charge is -2.21. The Bertz CT molecular complexity index is 658. The van der Waals surface area contributed by atoms with E-state index in [1.54, 1.807) is 18.2 Å². The Hall–Kier alpha value is -2.76. The van der Waals surface area contributed by atoms with Gasteiger partial charge in [0.05, 0.1) is 11.3 Å². The molecule has 0 spiro atoms. The fraction of sp³-hybridized carbons (Fsp3) is 0.143. The van der Waals surface area contributed by atoms with Gasteiger partial charge in [-0.3, -0.25) is 4.79 Å². The summed E-state index contributed by atoms with van der Waals surface area (Å²) in [4.78, 5) is 16.2. The number of aromatic hydroxyl groups is 1. The summed E-state index contributed by atoms with van der Waals surface area (Å²) in [7, 11) is 0. The van der Waals surface area contributed by atoms with Crippen LogP contribution >= 0.6 is 0 Å². The van der Waals surface area contributed by atoms with Gasteiger partial charge in [0.25, 0.3) is 5.91 Å². The fourth-order valence-corrected chi connectivity index (χ4v) is 2.02. The van der Waals surface area contributed by atoms with Gasteiger partial charge in [0, 0.05) is 12.7 Å². The van der Waals surface area contributed by atoms with Gasteiger partial charge in [-0.1, -0.05) is 6.07 Å². The molecule has 0 unspecified atom stereocenters. The van der Waals surface area contributed by atoms with E-state index in [2.05, 4.69) is 15.6 Å². The van der Waals surface area contributed by atoms with Crippen molar-refractivity contribution in [3.63, 3.8) is 0 Å². The van der Waals surface area contributed by atoms with E-state index in [-0.39, 0.29) is 17.5 Å². The van der Waals surface area contributed by atoms with Gasteiger partial charge in [-0.25, -0.2) is 4.98 Å². The second kappa shape index (κ2) is 5.08. The van der Waals surface area contributed by atoms with E-state index in [0.717, 1.165) is 5.69 Å². The number of para-hydroxylation sites is 1. The average Bonchev–Trinajstić information content (AvgIpc) is 2.49. The first kappa shape index (κ1) is 12.3. The van der Waals surface area contributed by atoms with Crippen molar-refractivity contribution in [2.24, 2.45) is 0 Å². The molecule has 2 heterocycles. The molecular formula is C14H13N3O3. The largest absolute Gasteiger partial charge is 0.504 e. The highest BCUT2D eigenvalue weighted by Gasteiger charge is 2.19. The second-order valence-electron chi connectivity index (χ2n) is 4.28. The quantitative estimate of drug-likeness (QED) is 0.776. The zero-order chi connectivity index (χ0) is 13.9. The summed E-state index contributed by atoms with van der Waals surface area (Å²) in [5.74, 6) is 0.190. The Balaban J connectivity index is 1.90. The number of hydrogen-bond acceptors (Lipinski definition) is 5. The maximum Gasteiger partial charge on any atom is 0.260 e. The van der Waals surface area contributed by atoms with Crippen molar-refractivity contribution in [2.75, 3.05) is 23.8 Å². The lowest BCUT2D eigenvalue weighted by Crippen LogP contribution is -2.22. The Morgan fingerprint density at radius 2 is 2.25 bits per heavy atom. The molecule has 102 valence electrons. The van der Waals surface area contributed by atoms with Crippen molar-refractivity contribution < 1.29 is 14.6 Å². The molecule has 3 rings (SSSR count). The third-order valence-electron chi connectivity index (χ3n) is 2.94. The van der Waals surface area contributed by atoms with E-state index in [1.165, 1.54) is 12.3 Å². The molecule has 0 fully saturated rings. The van der Waals surface area contributed by atoms with Gasteiger partial charge >= 0.3 is 0 Å². The molecule has 1 aromatic heterocycles. The molecule has 1 amide bonds. The maximum atomic E-state index is 12.3. The number of benzene rings is 1. The molecule has 1 aliphatic heterocycles. The standard InChI is InChI=1S/C14H13N3O3/c18-11-5-2-6-16-13(11)17-14(19)9-3-1-4-10-12(9)20-8-7-15-10/h1-6,15,18H,7-8H2,(H,16,17,19). The minimum absolute atomic E-state index is 0.0790. The minimum Gasteiger partial charge on any atom is -0.504 e. The van der Waals surface area contributed by atoms with Crippen molar-refractivity contribution in [3.8, 4) is 11.5 Å². The van der Waals surface area contributed by atoms with Crippen LogP contribution in [0.1, 0.15) is 10.4 Å². The van der Waals surface area contributed by atoms with Gasteiger partial charge in [-0.15, -0.1) is 0 Å². The normalized spacial score (nSPS) is 12.8. The van der Waals surface area contributed by atoms with Crippen LogP contribution in [0, 0.1) is 0 Å². The van der Waals surface area contributed by atoms with E-state index in [1.807, 2.05) is 6.07 Å². The van der Waals surface area contributed by atoms with Crippen LogP contribution in [-0.2, 0) is 0 Å². The smallest absolute Gasteiger partial charge is 0.260 e. The number of aromatic nitrogens is 1. The Kier molecular flexibility index (Phi) is 3.12. The van der Waals surface area contributed by atoms with Gasteiger partial charge < -0.3 is 20.5 Å². The molecule has 1 aromatic carbocycles. The van der Waals surface area contributed by atoms with Crippen LogP contribution in [0.5, 0.6) is 11.5 Å². The third-order valence-corrected chi connectivity index (χ3v) is 2.94. The van der Waals surface area contributed by atoms with E-state index < -0.39 is 0 Å². The molecule has 1 aliphatic rings. The van der Waals surface area contributed by atoms with Crippen LogP contribution in [0.25, 0.3) is 0 Å². The summed E-state index contributed by atoms with van der Waals surface area (Å²) >= 11 is 0. The zero-order valence-corrected chi connectivity index (χ0v) is 10.6. The Morgan fingerprint density at radius 3 is 3.10 bits per heavy atom. The number of pyridine rings is 1. The lowest BCUT2D eigenvalue weighted by molar-refractivity contribution is 0.102. The predicted molar refractivity (Wildman–Crippen MR) is 74.3 cm³/mol. The molecule has 0 saturated heterocycles. The zero-order valence-electron chi connectivity index (χ0n) is 10.6. The molecule has 0 aliphatic carbocycles. The molecule has 0 saturated carbocycles. The number of anilines is 2. The summed E-state index contributed by atoms with van der Waals surface area (Å²) in [6.07, 6.45) is 1.49. The Morgan fingerprint density at radius 1 is 1.35 bits per heavy atom. The third kappa shape index (κ3) is 2.23. The molecule has 3 N–H and O–H groups in total. The number of carbonyl (C=O) groups is 1. The molecule has 20 heavy (non-hydrogen) atoms. The Labute approximate surface area is 115 Å².